The van der Waals surface area contributed by atoms with E-state index in [1.54, 1.807) is 42.5 Å². The van der Waals surface area contributed by atoms with Crippen molar-refractivity contribution in [3.05, 3.63) is 113 Å². The van der Waals surface area contributed by atoms with Crippen molar-refractivity contribution in [3.63, 3.8) is 0 Å². The monoisotopic (exact) mass is 706 g/mol. The van der Waals surface area contributed by atoms with Gasteiger partial charge in [-0.1, -0.05) is 49.2 Å². The molecule has 0 aliphatic heterocycles. The standard InChI is InChI=1S/C36H37F3N6O4S/c1-34(2,3)50(49)44-35(16-15-23-13-14-23,26-9-4-7-24(17-26)21-40)27-10-6-11-28(19-27)42-32(46)30-20-31(36(37,38)39)43-45(30)29-12-5-8-25(18-29)22-41-33(47)48/h4-12,17-20,23,41,44H,13-16,22H2,1-3H3,(H,42,46)(H,47,48)/t35-,50?/m1/s1. The summed E-state index contributed by atoms with van der Waals surface area (Å²) in [7, 11) is 0. The zero-order chi connectivity index (χ0) is 36.3. The Morgan fingerprint density at radius 2 is 1.70 bits per heavy atom. The summed E-state index contributed by atoms with van der Waals surface area (Å²) in [5.41, 5.74) is -0.132. The van der Waals surface area contributed by atoms with Crippen molar-refractivity contribution in [3.8, 4) is 11.8 Å². The van der Waals surface area contributed by atoms with Crippen LogP contribution in [0.15, 0.2) is 78.9 Å². The third-order valence-corrected chi connectivity index (χ3v) is 10.0. The summed E-state index contributed by atoms with van der Waals surface area (Å²) in [6.07, 6.45) is -2.62. The van der Waals surface area contributed by atoms with Crippen molar-refractivity contribution in [2.24, 2.45) is 5.92 Å². The molecule has 0 radical (unpaired) electrons. The van der Waals surface area contributed by atoms with Crippen LogP contribution in [-0.4, -0.2) is 36.2 Å². The average Bonchev–Trinajstić information content (AvgIpc) is 3.79. The van der Waals surface area contributed by atoms with E-state index in [1.807, 2.05) is 32.9 Å². The third-order valence-electron chi connectivity index (χ3n) is 8.38. The Labute approximate surface area is 291 Å². The van der Waals surface area contributed by atoms with E-state index in [0.717, 1.165) is 23.9 Å². The molecule has 0 spiro atoms. The molecule has 2 atom stereocenters. The fraction of sp³-hybridized carbons (Fsp3) is 0.333. The van der Waals surface area contributed by atoms with Crippen LogP contribution in [0.4, 0.5) is 23.7 Å². The largest absolute Gasteiger partial charge is 0.598 e. The van der Waals surface area contributed by atoms with Gasteiger partial charge in [0.25, 0.3) is 5.91 Å². The first-order valence-corrected chi connectivity index (χ1v) is 17.1. The molecular formula is C36H37F3N6O4S. The molecule has 10 nitrogen and oxygen atoms in total. The average molecular weight is 707 g/mol. The van der Waals surface area contributed by atoms with Gasteiger partial charge in [0.1, 0.15) is 16.0 Å². The normalized spacial score (nSPS) is 15.1. The van der Waals surface area contributed by atoms with Crippen LogP contribution in [0, 0.1) is 17.2 Å². The van der Waals surface area contributed by atoms with E-state index in [0.29, 0.717) is 40.7 Å². The lowest BCUT2D eigenvalue weighted by molar-refractivity contribution is -0.141. The van der Waals surface area contributed by atoms with E-state index in [1.165, 1.54) is 18.2 Å². The Morgan fingerprint density at radius 3 is 2.34 bits per heavy atom. The summed E-state index contributed by atoms with van der Waals surface area (Å²) in [6.45, 7) is 5.43. The summed E-state index contributed by atoms with van der Waals surface area (Å²) in [5, 5.41) is 27.3. The van der Waals surface area contributed by atoms with Gasteiger partial charge in [-0.3, -0.25) is 4.79 Å². The van der Waals surface area contributed by atoms with E-state index in [-0.39, 0.29) is 17.9 Å². The number of hydrogen-bond acceptors (Lipinski definition) is 6. The van der Waals surface area contributed by atoms with Gasteiger partial charge in [0.05, 0.1) is 17.3 Å². The Hall–Kier alpha value is -4.84. The topological polar surface area (TPSA) is 155 Å². The number of nitrogens with zero attached hydrogens (tertiary/aromatic N) is 3. The lowest BCUT2D eigenvalue weighted by atomic mass is 9.79. The predicted molar refractivity (Wildman–Crippen MR) is 183 cm³/mol. The fourth-order valence-electron chi connectivity index (χ4n) is 5.53. The number of aromatic nitrogens is 2. The molecule has 1 unspecified atom stereocenters. The third kappa shape index (κ3) is 8.65. The predicted octanol–water partition coefficient (Wildman–Crippen LogP) is 7.27. The van der Waals surface area contributed by atoms with Crippen molar-refractivity contribution in [1.82, 2.24) is 19.8 Å². The molecule has 14 heteroatoms. The summed E-state index contributed by atoms with van der Waals surface area (Å²) < 4.78 is 59.0. The van der Waals surface area contributed by atoms with Crippen LogP contribution in [0.3, 0.4) is 0 Å². The number of nitriles is 1. The van der Waals surface area contributed by atoms with Crippen LogP contribution >= 0.6 is 0 Å². The van der Waals surface area contributed by atoms with Crippen molar-refractivity contribution in [2.45, 2.75) is 69.5 Å². The Morgan fingerprint density at radius 1 is 1.02 bits per heavy atom. The summed E-state index contributed by atoms with van der Waals surface area (Å²) in [5.74, 6) is -0.372. The van der Waals surface area contributed by atoms with Crippen LogP contribution in [0.25, 0.3) is 5.69 Å². The lowest BCUT2D eigenvalue weighted by Gasteiger charge is -2.39. The van der Waals surface area contributed by atoms with Gasteiger partial charge in [-0.2, -0.15) is 23.5 Å². The Balaban J connectivity index is 1.56. The van der Waals surface area contributed by atoms with Crippen LogP contribution < -0.4 is 15.4 Å². The van der Waals surface area contributed by atoms with Crippen molar-refractivity contribution < 1.29 is 32.4 Å². The van der Waals surface area contributed by atoms with E-state index in [4.69, 9.17) is 5.11 Å². The van der Waals surface area contributed by atoms with Gasteiger partial charge < -0.3 is 20.3 Å². The summed E-state index contributed by atoms with van der Waals surface area (Å²) in [4.78, 5) is 24.7. The molecule has 0 bridgehead atoms. The molecule has 5 rings (SSSR count). The zero-order valence-electron chi connectivity index (χ0n) is 27.7. The first-order valence-electron chi connectivity index (χ1n) is 15.9. The second-order valence-electron chi connectivity index (χ2n) is 13.3. The van der Waals surface area contributed by atoms with Crippen LogP contribution in [-0.2, 0) is 29.6 Å². The number of benzene rings is 3. The van der Waals surface area contributed by atoms with Crippen LogP contribution in [0.5, 0.6) is 0 Å². The molecule has 1 saturated carbocycles. The number of carbonyl (C=O) groups is 2. The number of carboxylic acid groups (broad SMARTS) is 1. The minimum absolute atomic E-state index is 0.112. The smallest absolute Gasteiger partial charge is 0.435 e. The van der Waals surface area contributed by atoms with Gasteiger partial charge in [-0.25, -0.2) is 9.48 Å². The van der Waals surface area contributed by atoms with Gasteiger partial charge in [0, 0.05) is 29.7 Å². The zero-order valence-corrected chi connectivity index (χ0v) is 28.5. The highest BCUT2D eigenvalue weighted by Crippen LogP contribution is 2.43. The highest BCUT2D eigenvalue weighted by Gasteiger charge is 2.43. The minimum atomic E-state index is -4.85. The van der Waals surface area contributed by atoms with Gasteiger partial charge in [0.15, 0.2) is 5.69 Å². The van der Waals surface area contributed by atoms with E-state index in [9.17, 15) is 32.6 Å². The molecule has 1 heterocycles. The molecule has 4 aromatic rings. The highest BCUT2D eigenvalue weighted by atomic mass is 32.2. The molecule has 50 heavy (non-hydrogen) atoms. The quantitative estimate of drug-likeness (QED) is 0.113. The van der Waals surface area contributed by atoms with E-state index < -0.39 is 51.2 Å². The van der Waals surface area contributed by atoms with Crippen molar-refractivity contribution >= 4 is 29.0 Å². The molecule has 1 aromatic heterocycles. The summed E-state index contributed by atoms with van der Waals surface area (Å²) >= 11 is -1.57. The number of alkyl halides is 3. The molecule has 1 aliphatic rings. The maximum absolute atomic E-state index is 13.9. The number of amides is 2. The number of carbonyl (C=O) groups excluding carboxylic acids is 1. The van der Waals surface area contributed by atoms with E-state index in [2.05, 4.69) is 26.5 Å². The summed E-state index contributed by atoms with van der Waals surface area (Å²) in [6, 6.07) is 22.7. The van der Waals surface area contributed by atoms with Crippen LogP contribution in [0.1, 0.15) is 84.9 Å². The van der Waals surface area contributed by atoms with Crippen molar-refractivity contribution in [2.75, 3.05) is 5.32 Å². The maximum atomic E-state index is 13.9. The second-order valence-corrected chi connectivity index (χ2v) is 15.2. The first kappa shape index (κ1) is 36.4. The molecular weight excluding hydrogens is 669 g/mol. The highest BCUT2D eigenvalue weighted by molar-refractivity contribution is 7.90. The van der Waals surface area contributed by atoms with Gasteiger partial charge in [-0.15, -0.1) is 4.72 Å². The maximum Gasteiger partial charge on any atom is 0.435 e. The Bertz CT molecular complexity index is 1910. The molecule has 1 fully saturated rings. The molecule has 4 N–H and O–H groups in total. The van der Waals surface area contributed by atoms with Gasteiger partial charge in [-0.05, 0) is 92.6 Å². The number of hydrogen-bond donors (Lipinski definition) is 4. The molecule has 0 saturated heterocycles. The first-order chi connectivity index (χ1) is 23.6. The molecule has 1 aliphatic carbocycles. The molecule has 2 amide bonds. The molecule has 262 valence electrons. The fourth-order valence-corrected chi connectivity index (χ4v) is 6.49. The van der Waals surface area contributed by atoms with Gasteiger partial charge in [0.2, 0.25) is 0 Å². The van der Waals surface area contributed by atoms with Gasteiger partial charge >= 0.3 is 12.3 Å². The minimum Gasteiger partial charge on any atom is -0.598 e. The number of halogens is 3. The van der Waals surface area contributed by atoms with Crippen LogP contribution in [0.2, 0.25) is 0 Å². The number of anilines is 1. The SMILES string of the molecule is CC(C)(C)[S+]([O-])N[C@](CCC1CC1)(c1cccc(C#N)c1)c1cccc(NC(=O)c2cc(C(F)(F)F)nn2-c2cccc(CNC(=O)O)c2)c1. The van der Waals surface area contributed by atoms with E-state index >= 15 is 0 Å². The lowest BCUT2D eigenvalue weighted by Crippen LogP contribution is -2.52. The molecule has 3 aromatic carbocycles. The van der Waals surface area contributed by atoms with Crippen molar-refractivity contribution in [1.29, 1.82) is 5.26 Å². The Kier molecular flexibility index (Phi) is 10.6. The second kappa shape index (κ2) is 14.6. The number of nitrogens with one attached hydrogen (secondary N) is 3. The number of rotatable bonds is 12.